The zero-order valence-electron chi connectivity index (χ0n) is 11.6. The molecule has 0 atom stereocenters. The number of rotatable bonds is 3. The Morgan fingerprint density at radius 1 is 1.00 bits per heavy atom. The number of nitrogens with zero attached hydrogens (tertiary/aromatic N) is 3. The van der Waals surface area contributed by atoms with Crippen molar-refractivity contribution in [2.45, 2.75) is 0 Å². The molecule has 3 aromatic rings. The van der Waals surface area contributed by atoms with Gasteiger partial charge in [0, 0.05) is 11.3 Å². The molecule has 0 unspecified atom stereocenters. The molecule has 0 bridgehead atoms. The summed E-state index contributed by atoms with van der Waals surface area (Å²) in [6.07, 6.45) is 1.50. The van der Waals surface area contributed by atoms with Gasteiger partial charge in [-0.3, -0.25) is 0 Å². The summed E-state index contributed by atoms with van der Waals surface area (Å²) < 4.78 is 0. The summed E-state index contributed by atoms with van der Waals surface area (Å²) in [4.78, 5) is 8.57. The van der Waals surface area contributed by atoms with Crippen molar-refractivity contribution in [3.05, 3.63) is 66.4 Å². The van der Waals surface area contributed by atoms with Crippen LogP contribution in [0.3, 0.4) is 0 Å². The Labute approximate surface area is 127 Å². The van der Waals surface area contributed by atoms with Crippen molar-refractivity contribution in [1.82, 2.24) is 9.97 Å². The van der Waals surface area contributed by atoms with Crippen LogP contribution in [0, 0.1) is 11.3 Å². The van der Waals surface area contributed by atoms with E-state index in [9.17, 15) is 10.4 Å². The van der Waals surface area contributed by atoms with E-state index in [-0.39, 0.29) is 5.75 Å². The van der Waals surface area contributed by atoms with Crippen LogP contribution >= 0.6 is 0 Å². The first-order valence-corrected chi connectivity index (χ1v) is 6.65. The van der Waals surface area contributed by atoms with Crippen molar-refractivity contribution in [3.8, 4) is 23.1 Å². The Hall–Kier alpha value is -3.39. The molecule has 22 heavy (non-hydrogen) atoms. The number of phenolic OH excluding ortho intramolecular Hbond substituents is 1. The summed E-state index contributed by atoms with van der Waals surface area (Å²) in [6.45, 7) is 0. The van der Waals surface area contributed by atoms with E-state index >= 15 is 0 Å². The molecule has 106 valence electrons. The minimum absolute atomic E-state index is 0.191. The first-order valence-electron chi connectivity index (χ1n) is 6.65. The third-order valence-electron chi connectivity index (χ3n) is 3.08. The second-order valence-electron chi connectivity index (χ2n) is 4.61. The fourth-order valence-corrected chi connectivity index (χ4v) is 2.01. The number of phenols is 1. The molecule has 1 aromatic heterocycles. The van der Waals surface area contributed by atoms with Gasteiger partial charge in [-0.25, -0.2) is 9.97 Å². The number of nitrogens with one attached hydrogen (secondary N) is 1. The topological polar surface area (TPSA) is 81.8 Å². The van der Waals surface area contributed by atoms with Crippen LogP contribution in [0.15, 0.2) is 60.8 Å². The van der Waals surface area contributed by atoms with Crippen LogP contribution in [0.2, 0.25) is 0 Å². The normalized spacial score (nSPS) is 9.95. The van der Waals surface area contributed by atoms with Crippen molar-refractivity contribution < 1.29 is 5.11 Å². The minimum Gasteiger partial charge on any atom is -0.508 e. The van der Waals surface area contributed by atoms with E-state index in [4.69, 9.17) is 0 Å². The Morgan fingerprint density at radius 3 is 2.41 bits per heavy atom. The second-order valence-corrected chi connectivity index (χ2v) is 4.61. The Kier molecular flexibility index (Phi) is 3.67. The lowest BCUT2D eigenvalue weighted by atomic mass is 10.1. The summed E-state index contributed by atoms with van der Waals surface area (Å²) in [6, 6.07) is 18.2. The summed E-state index contributed by atoms with van der Waals surface area (Å²) in [5.74, 6) is 0.583. The molecule has 1 heterocycles. The maximum atomic E-state index is 9.29. The number of hydrogen-bond donors (Lipinski definition) is 2. The molecule has 3 rings (SSSR count). The Bertz CT molecular complexity index is 824. The van der Waals surface area contributed by atoms with E-state index in [0.29, 0.717) is 17.2 Å². The molecule has 0 aliphatic rings. The van der Waals surface area contributed by atoms with Gasteiger partial charge in [0.2, 0.25) is 5.95 Å². The zero-order chi connectivity index (χ0) is 15.4. The van der Waals surface area contributed by atoms with Crippen molar-refractivity contribution in [2.24, 2.45) is 0 Å². The predicted octanol–water partition coefficient (Wildman–Crippen LogP) is 3.46. The van der Waals surface area contributed by atoms with Gasteiger partial charge in [-0.05, 0) is 24.3 Å². The average Bonchev–Trinajstić information content (AvgIpc) is 2.58. The molecule has 5 heteroatoms. The summed E-state index contributed by atoms with van der Waals surface area (Å²) in [5, 5.41) is 21.6. The maximum Gasteiger partial charge on any atom is 0.227 e. The fourth-order valence-electron chi connectivity index (χ4n) is 2.01. The smallest absolute Gasteiger partial charge is 0.227 e. The first kappa shape index (κ1) is 13.6. The zero-order valence-corrected chi connectivity index (χ0v) is 11.6. The molecule has 2 aromatic carbocycles. The Balaban J connectivity index is 1.97. The van der Waals surface area contributed by atoms with Gasteiger partial charge in [-0.2, -0.15) is 5.26 Å². The molecule has 0 fully saturated rings. The molecule has 0 saturated heterocycles. The van der Waals surface area contributed by atoms with Crippen molar-refractivity contribution in [3.63, 3.8) is 0 Å². The molecule has 5 nitrogen and oxygen atoms in total. The lowest BCUT2D eigenvalue weighted by Crippen LogP contribution is -2.00. The molecule has 0 aliphatic heterocycles. The highest BCUT2D eigenvalue weighted by Gasteiger charge is 2.09. The number of hydrogen-bond acceptors (Lipinski definition) is 5. The monoisotopic (exact) mass is 288 g/mol. The highest BCUT2D eigenvalue weighted by atomic mass is 16.3. The molecule has 2 N–H and O–H groups in total. The number of aromatic hydroxyl groups is 1. The molecule has 0 spiro atoms. The molecular weight excluding hydrogens is 276 g/mol. The van der Waals surface area contributed by atoms with E-state index in [1.54, 1.807) is 24.3 Å². The van der Waals surface area contributed by atoms with Gasteiger partial charge < -0.3 is 10.4 Å². The molecule has 0 radical (unpaired) electrons. The number of aromatic nitrogens is 2. The van der Waals surface area contributed by atoms with Crippen molar-refractivity contribution in [1.29, 1.82) is 5.26 Å². The summed E-state index contributed by atoms with van der Waals surface area (Å²) in [7, 11) is 0. The number of anilines is 2. The molecule has 0 amide bonds. The van der Waals surface area contributed by atoms with E-state index in [0.717, 1.165) is 11.3 Å². The third kappa shape index (κ3) is 2.86. The van der Waals surface area contributed by atoms with Gasteiger partial charge in [0.05, 0.1) is 17.5 Å². The van der Waals surface area contributed by atoms with Gasteiger partial charge in [-0.1, -0.05) is 30.3 Å². The number of nitriles is 1. The largest absolute Gasteiger partial charge is 0.508 e. The predicted molar refractivity (Wildman–Crippen MR) is 83.6 cm³/mol. The van der Waals surface area contributed by atoms with Crippen LogP contribution in [0.4, 0.5) is 11.6 Å². The summed E-state index contributed by atoms with van der Waals surface area (Å²) in [5.41, 5.74) is 2.61. The van der Waals surface area contributed by atoms with Gasteiger partial charge in [0.15, 0.2) is 0 Å². The van der Waals surface area contributed by atoms with Gasteiger partial charge in [0.25, 0.3) is 0 Å². The van der Waals surface area contributed by atoms with Crippen LogP contribution in [0.25, 0.3) is 11.3 Å². The second kappa shape index (κ2) is 5.94. The van der Waals surface area contributed by atoms with Crippen molar-refractivity contribution in [2.75, 3.05) is 5.32 Å². The van der Waals surface area contributed by atoms with E-state index < -0.39 is 0 Å². The highest BCUT2D eigenvalue weighted by molar-refractivity contribution is 5.68. The SMILES string of the molecule is N#Cc1cnc(Nc2ccc(O)cc2)nc1-c1ccccc1. The molecular formula is C17H12N4O. The van der Waals surface area contributed by atoms with Gasteiger partial charge in [-0.15, -0.1) is 0 Å². The molecule has 0 aliphatic carbocycles. The average molecular weight is 288 g/mol. The Morgan fingerprint density at radius 2 is 1.73 bits per heavy atom. The van der Waals surface area contributed by atoms with Crippen LogP contribution in [-0.4, -0.2) is 15.1 Å². The van der Waals surface area contributed by atoms with E-state index in [1.165, 1.54) is 6.20 Å². The number of benzene rings is 2. The van der Waals surface area contributed by atoms with Crippen molar-refractivity contribution >= 4 is 11.6 Å². The lowest BCUT2D eigenvalue weighted by Gasteiger charge is -2.08. The quantitative estimate of drug-likeness (QED) is 0.721. The molecule has 0 saturated carbocycles. The van der Waals surface area contributed by atoms with Crippen LogP contribution < -0.4 is 5.32 Å². The van der Waals surface area contributed by atoms with Crippen LogP contribution in [0.5, 0.6) is 5.75 Å². The van der Waals surface area contributed by atoms with E-state index in [1.807, 2.05) is 30.3 Å². The van der Waals surface area contributed by atoms with Gasteiger partial charge in [0.1, 0.15) is 11.8 Å². The lowest BCUT2D eigenvalue weighted by molar-refractivity contribution is 0.475. The van der Waals surface area contributed by atoms with E-state index in [2.05, 4.69) is 21.4 Å². The standard InChI is InChI=1S/C17H12N4O/c18-10-13-11-19-17(20-14-6-8-15(22)9-7-14)21-16(13)12-4-2-1-3-5-12/h1-9,11,22H,(H,19,20,21). The first-order chi connectivity index (χ1) is 10.8. The fraction of sp³-hybridized carbons (Fsp3) is 0. The minimum atomic E-state index is 0.191. The highest BCUT2D eigenvalue weighted by Crippen LogP contribution is 2.23. The summed E-state index contributed by atoms with van der Waals surface area (Å²) >= 11 is 0. The van der Waals surface area contributed by atoms with Crippen LogP contribution in [-0.2, 0) is 0 Å². The maximum absolute atomic E-state index is 9.29. The third-order valence-corrected chi connectivity index (χ3v) is 3.08. The van der Waals surface area contributed by atoms with Gasteiger partial charge >= 0.3 is 0 Å². The van der Waals surface area contributed by atoms with Crippen LogP contribution in [0.1, 0.15) is 5.56 Å².